The highest BCUT2D eigenvalue weighted by Crippen LogP contribution is 2.49. The molecule has 0 saturated carbocycles. The van der Waals surface area contributed by atoms with Gasteiger partial charge in [0, 0.05) is 17.0 Å². The summed E-state index contributed by atoms with van der Waals surface area (Å²) in [5.74, 6) is 2.18. The van der Waals surface area contributed by atoms with Crippen molar-refractivity contribution in [2.75, 3.05) is 27.9 Å². The number of amides is 1. The van der Waals surface area contributed by atoms with Crippen molar-refractivity contribution in [1.82, 2.24) is 5.32 Å². The van der Waals surface area contributed by atoms with Gasteiger partial charge in [0.25, 0.3) is 5.91 Å². The molecule has 0 saturated heterocycles. The predicted octanol–water partition coefficient (Wildman–Crippen LogP) is 6.76. The van der Waals surface area contributed by atoms with E-state index < -0.39 is 0 Å². The van der Waals surface area contributed by atoms with Crippen LogP contribution in [0, 0.1) is 0 Å². The molecule has 36 heavy (non-hydrogen) atoms. The van der Waals surface area contributed by atoms with E-state index >= 15 is 0 Å². The summed E-state index contributed by atoms with van der Waals surface area (Å²) in [4.78, 5) is 14.6. The Hall–Kier alpha value is -2.99. The summed E-state index contributed by atoms with van der Waals surface area (Å²) in [6.45, 7) is 9.81. The molecular weight excluding hydrogens is 470 g/mol. The maximum Gasteiger partial charge on any atom is 0.261 e. The first-order valence-corrected chi connectivity index (χ1v) is 13.2. The van der Waals surface area contributed by atoms with Gasteiger partial charge in [-0.15, -0.1) is 11.3 Å². The zero-order valence-electron chi connectivity index (χ0n) is 22.4. The van der Waals surface area contributed by atoms with Crippen LogP contribution in [0.4, 0.5) is 0 Å². The van der Waals surface area contributed by atoms with Gasteiger partial charge >= 0.3 is 0 Å². The van der Waals surface area contributed by atoms with E-state index in [1.54, 1.807) is 21.3 Å². The fourth-order valence-electron chi connectivity index (χ4n) is 5.00. The van der Waals surface area contributed by atoms with Crippen molar-refractivity contribution in [1.29, 1.82) is 0 Å². The normalized spacial score (nSPS) is 15.6. The first kappa shape index (κ1) is 26.1. The molecule has 0 fully saturated rings. The number of carbonyl (C=O) groups excluding carboxylic acids is 1. The van der Waals surface area contributed by atoms with Crippen LogP contribution >= 0.6 is 11.3 Å². The Balaban J connectivity index is 1.51. The molecule has 0 aliphatic heterocycles. The van der Waals surface area contributed by atoms with E-state index in [0.717, 1.165) is 34.6 Å². The molecule has 0 radical (unpaired) electrons. The van der Waals surface area contributed by atoms with Crippen molar-refractivity contribution in [2.24, 2.45) is 0 Å². The molecular formula is C30H37NO4S. The number of nitrogens with one attached hydrogen (secondary N) is 1. The van der Waals surface area contributed by atoms with Crippen LogP contribution in [0.25, 0.3) is 10.4 Å². The monoisotopic (exact) mass is 507 g/mol. The molecule has 1 amide bonds. The molecule has 0 atom stereocenters. The number of thiophene rings is 1. The van der Waals surface area contributed by atoms with E-state index in [1.165, 1.54) is 22.5 Å². The Labute approximate surface area is 218 Å². The maximum absolute atomic E-state index is 12.9. The maximum atomic E-state index is 12.9. The van der Waals surface area contributed by atoms with Crippen LogP contribution in [0.2, 0.25) is 0 Å². The van der Waals surface area contributed by atoms with Crippen LogP contribution in [0.15, 0.2) is 42.5 Å². The van der Waals surface area contributed by atoms with Crippen LogP contribution in [0.1, 0.15) is 66.9 Å². The number of rotatable bonds is 8. The standard InChI is InChI=1S/C30H37NO4S/c1-29(2)13-14-30(3,4)22-18-24(34-6)20(17-21(22)29)26-10-11-27(36-26)28(32)31-15-12-19-8-9-23(33-5)25(16-19)35-7/h8-11,16-18H,12-15H2,1-7H3,(H,31,32). The molecule has 0 bridgehead atoms. The number of methoxy groups -OCH3 is 3. The van der Waals surface area contributed by atoms with Crippen LogP contribution in [0.5, 0.6) is 17.2 Å². The highest BCUT2D eigenvalue weighted by Gasteiger charge is 2.38. The Bertz CT molecular complexity index is 1260. The Kier molecular flexibility index (Phi) is 7.37. The SMILES string of the molecule is COc1ccc(CCNC(=O)c2ccc(-c3cc4c(cc3OC)C(C)(C)CCC4(C)C)s2)cc1OC. The summed E-state index contributed by atoms with van der Waals surface area (Å²) in [6.07, 6.45) is 3.01. The molecule has 1 heterocycles. The number of benzene rings is 2. The molecule has 0 unspecified atom stereocenters. The lowest BCUT2D eigenvalue weighted by molar-refractivity contribution is 0.0958. The third-order valence-electron chi connectivity index (χ3n) is 7.42. The average Bonchev–Trinajstić information content (AvgIpc) is 3.36. The molecule has 1 aliphatic carbocycles. The van der Waals surface area contributed by atoms with Gasteiger partial charge < -0.3 is 19.5 Å². The number of ether oxygens (including phenoxy) is 3. The number of carbonyl (C=O) groups is 1. The summed E-state index contributed by atoms with van der Waals surface area (Å²) < 4.78 is 16.5. The predicted molar refractivity (Wildman–Crippen MR) is 147 cm³/mol. The molecule has 192 valence electrons. The van der Waals surface area contributed by atoms with Crippen LogP contribution < -0.4 is 19.5 Å². The van der Waals surface area contributed by atoms with Crippen molar-refractivity contribution in [3.8, 4) is 27.7 Å². The van der Waals surface area contributed by atoms with Gasteiger partial charge in [0.1, 0.15) is 5.75 Å². The largest absolute Gasteiger partial charge is 0.496 e. The summed E-state index contributed by atoms with van der Waals surface area (Å²) in [6, 6.07) is 14.3. The second-order valence-corrected chi connectivity index (χ2v) is 11.8. The zero-order valence-corrected chi connectivity index (χ0v) is 23.2. The number of hydrogen-bond acceptors (Lipinski definition) is 5. The smallest absolute Gasteiger partial charge is 0.261 e. The molecule has 6 heteroatoms. The van der Waals surface area contributed by atoms with Crippen molar-refractivity contribution < 1.29 is 19.0 Å². The first-order chi connectivity index (χ1) is 17.1. The van der Waals surface area contributed by atoms with Gasteiger partial charge in [0.15, 0.2) is 11.5 Å². The molecule has 4 rings (SSSR count). The Morgan fingerprint density at radius 1 is 0.833 bits per heavy atom. The minimum Gasteiger partial charge on any atom is -0.496 e. The lowest BCUT2D eigenvalue weighted by Crippen LogP contribution is -2.33. The molecule has 1 aliphatic rings. The molecule has 3 aromatic rings. The number of fused-ring (bicyclic) bond motifs is 1. The van der Waals surface area contributed by atoms with Gasteiger partial charge in [-0.25, -0.2) is 0 Å². The Morgan fingerprint density at radius 2 is 1.47 bits per heavy atom. The van der Waals surface area contributed by atoms with Gasteiger partial charge in [-0.2, -0.15) is 0 Å². The zero-order chi connectivity index (χ0) is 26.1. The van der Waals surface area contributed by atoms with Crippen LogP contribution in [-0.2, 0) is 17.3 Å². The van der Waals surface area contributed by atoms with E-state index in [2.05, 4.69) is 45.1 Å². The van der Waals surface area contributed by atoms with Gasteiger partial charge in [0.2, 0.25) is 0 Å². The quantitative estimate of drug-likeness (QED) is 0.366. The summed E-state index contributed by atoms with van der Waals surface area (Å²) in [7, 11) is 4.97. The average molecular weight is 508 g/mol. The van der Waals surface area contributed by atoms with Crippen LogP contribution in [0.3, 0.4) is 0 Å². The van der Waals surface area contributed by atoms with Gasteiger partial charge in [-0.05, 0) is 83.2 Å². The van der Waals surface area contributed by atoms with E-state index in [4.69, 9.17) is 14.2 Å². The van der Waals surface area contributed by atoms with Gasteiger partial charge in [0.05, 0.1) is 26.2 Å². The summed E-state index contributed by atoms with van der Waals surface area (Å²) in [5.41, 5.74) is 5.09. The van der Waals surface area contributed by atoms with Gasteiger partial charge in [-0.1, -0.05) is 33.8 Å². The molecule has 1 N–H and O–H groups in total. The number of hydrogen-bond donors (Lipinski definition) is 1. The molecule has 5 nitrogen and oxygen atoms in total. The molecule has 2 aromatic carbocycles. The highest BCUT2D eigenvalue weighted by atomic mass is 32.1. The van der Waals surface area contributed by atoms with E-state index in [-0.39, 0.29) is 16.7 Å². The Morgan fingerprint density at radius 3 is 2.11 bits per heavy atom. The topological polar surface area (TPSA) is 56.8 Å². The van der Waals surface area contributed by atoms with Crippen molar-refractivity contribution in [3.63, 3.8) is 0 Å². The second kappa shape index (κ2) is 10.2. The third-order valence-corrected chi connectivity index (χ3v) is 8.53. The lowest BCUT2D eigenvalue weighted by atomic mass is 9.63. The molecule has 0 spiro atoms. The van der Waals surface area contributed by atoms with Crippen LogP contribution in [-0.4, -0.2) is 33.8 Å². The van der Waals surface area contributed by atoms with E-state index in [0.29, 0.717) is 29.3 Å². The fraction of sp³-hybridized carbons (Fsp3) is 0.433. The fourth-order valence-corrected chi connectivity index (χ4v) is 5.95. The molecule has 1 aromatic heterocycles. The minimum absolute atomic E-state index is 0.0647. The van der Waals surface area contributed by atoms with E-state index in [1.807, 2.05) is 30.3 Å². The van der Waals surface area contributed by atoms with Gasteiger partial charge in [-0.3, -0.25) is 4.79 Å². The van der Waals surface area contributed by atoms with Crippen molar-refractivity contribution in [3.05, 3.63) is 64.0 Å². The summed E-state index contributed by atoms with van der Waals surface area (Å²) in [5, 5.41) is 3.05. The highest BCUT2D eigenvalue weighted by molar-refractivity contribution is 7.17. The first-order valence-electron chi connectivity index (χ1n) is 12.4. The minimum atomic E-state index is -0.0647. The van der Waals surface area contributed by atoms with Crippen molar-refractivity contribution >= 4 is 17.2 Å². The summed E-state index contributed by atoms with van der Waals surface area (Å²) >= 11 is 1.50. The van der Waals surface area contributed by atoms with E-state index in [9.17, 15) is 4.79 Å². The third kappa shape index (κ3) is 5.10. The van der Waals surface area contributed by atoms with Crippen molar-refractivity contribution in [2.45, 2.75) is 57.8 Å². The second-order valence-electron chi connectivity index (χ2n) is 10.7. The lowest BCUT2D eigenvalue weighted by Gasteiger charge is -2.42.